The monoisotopic (exact) mass is 324 g/mol. The molecule has 1 heterocycles. The van der Waals surface area contributed by atoms with Crippen LogP contribution >= 0.6 is 0 Å². The SMILES string of the molecule is C=CCCC(O)CN1CCN(C(=O)c2c(F)cccc2F)CC1. The van der Waals surface area contributed by atoms with Crippen molar-refractivity contribution < 1.29 is 18.7 Å². The van der Waals surface area contributed by atoms with Crippen molar-refractivity contribution in [3.63, 3.8) is 0 Å². The third-order valence-electron chi connectivity index (χ3n) is 4.01. The van der Waals surface area contributed by atoms with Gasteiger partial charge in [-0.05, 0) is 25.0 Å². The van der Waals surface area contributed by atoms with Gasteiger partial charge < -0.3 is 10.0 Å². The molecular weight excluding hydrogens is 302 g/mol. The summed E-state index contributed by atoms with van der Waals surface area (Å²) in [6.07, 6.45) is 2.75. The van der Waals surface area contributed by atoms with Crippen molar-refractivity contribution in [2.45, 2.75) is 18.9 Å². The Kier molecular flexibility index (Phi) is 6.24. The molecule has 1 fully saturated rings. The number of nitrogens with zero attached hydrogens (tertiary/aromatic N) is 2. The number of amides is 1. The van der Waals surface area contributed by atoms with Crippen LogP contribution in [0.1, 0.15) is 23.2 Å². The van der Waals surface area contributed by atoms with E-state index in [2.05, 4.69) is 11.5 Å². The molecule has 0 aliphatic carbocycles. The van der Waals surface area contributed by atoms with Crippen LogP contribution in [0.4, 0.5) is 8.78 Å². The molecule has 1 aromatic rings. The first-order chi connectivity index (χ1) is 11.0. The maximum atomic E-state index is 13.7. The molecule has 2 rings (SSSR count). The number of piperazine rings is 1. The summed E-state index contributed by atoms with van der Waals surface area (Å²) >= 11 is 0. The van der Waals surface area contributed by atoms with Crippen molar-refractivity contribution in [3.8, 4) is 0 Å². The fraction of sp³-hybridized carbons (Fsp3) is 0.471. The van der Waals surface area contributed by atoms with Crippen molar-refractivity contribution in [3.05, 3.63) is 48.1 Å². The number of allylic oxidation sites excluding steroid dienone is 1. The van der Waals surface area contributed by atoms with E-state index in [1.54, 1.807) is 6.08 Å². The maximum absolute atomic E-state index is 13.7. The van der Waals surface area contributed by atoms with E-state index in [9.17, 15) is 18.7 Å². The van der Waals surface area contributed by atoms with Gasteiger partial charge in [-0.2, -0.15) is 0 Å². The van der Waals surface area contributed by atoms with Crippen molar-refractivity contribution in [1.82, 2.24) is 9.80 Å². The number of hydrogen-bond acceptors (Lipinski definition) is 3. The normalized spacial score (nSPS) is 17.1. The second-order valence-electron chi connectivity index (χ2n) is 5.71. The molecule has 1 unspecified atom stereocenters. The Balaban J connectivity index is 1.89. The summed E-state index contributed by atoms with van der Waals surface area (Å²) in [5.74, 6) is -2.29. The molecule has 0 spiro atoms. The lowest BCUT2D eigenvalue weighted by atomic mass is 10.1. The zero-order valence-corrected chi connectivity index (χ0v) is 13.0. The van der Waals surface area contributed by atoms with Gasteiger partial charge in [-0.25, -0.2) is 8.78 Å². The molecule has 0 bridgehead atoms. The summed E-state index contributed by atoms with van der Waals surface area (Å²) in [6, 6.07) is 3.41. The number of hydrogen-bond donors (Lipinski definition) is 1. The van der Waals surface area contributed by atoms with Crippen LogP contribution in [0.15, 0.2) is 30.9 Å². The van der Waals surface area contributed by atoms with Crippen molar-refractivity contribution in [2.24, 2.45) is 0 Å². The van der Waals surface area contributed by atoms with Gasteiger partial charge in [0.25, 0.3) is 5.91 Å². The molecule has 1 aliphatic heterocycles. The highest BCUT2D eigenvalue weighted by Gasteiger charge is 2.26. The summed E-state index contributed by atoms with van der Waals surface area (Å²) in [7, 11) is 0. The van der Waals surface area contributed by atoms with E-state index in [0.29, 0.717) is 39.1 Å². The first-order valence-corrected chi connectivity index (χ1v) is 7.77. The van der Waals surface area contributed by atoms with Crippen LogP contribution < -0.4 is 0 Å². The summed E-state index contributed by atoms with van der Waals surface area (Å²) in [4.78, 5) is 15.8. The Morgan fingerprint density at radius 2 is 1.87 bits per heavy atom. The number of aliphatic hydroxyl groups excluding tert-OH is 1. The quantitative estimate of drug-likeness (QED) is 0.815. The van der Waals surface area contributed by atoms with Gasteiger partial charge in [0.2, 0.25) is 0 Å². The van der Waals surface area contributed by atoms with Gasteiger partial charge in [0, 0.05) is 32.7 Å². The molecule has 1 aliphatic rings. The van der Waals surface area contributed by atoms with Crippen LogP contribution in [0.3, 0.4) is 0 Å². The molecule has 1 aromatic carbocycles. The van der Waals surface area contributed by atoms with Crippen LogP contribution in [-0.4, -0.2) is 59.6 Å². The topological polar surface area (TPSA) is 43.8 Å². The standard InChI is InChI=1S/C17H22F2N2O2/c1-2-3-5-13(22)12-20-8-10-21(11-9-20)17(23)16-14(18)6-4-7-15(16)19/h2,4,6-7,13,22H,1,3,5,8-12H2. The average Bonchev–Trinajstić information content (AvgIpc) is 2.53. The summed E-state index contributed by atoms with van der Waals surface area (Å²) in [6.45, 7) is 6.09. The molecule has 1 atom stereocenters. The third kappa shape index (κ3) is 4.59. The van der Waals surface area contributed by atoms with Crippen molar-refractivity contribution >= 4 is 5.91 Å². The van der Waals surface area contributed by atoms with E-state index in [4.69, 9.17) is 0 Å². The zero-order chi connectivity index (χ0) is 16.8. The first kappa shape index (κ1) is 17.6. The number of carbonyl (C=O) groups excluding carboxylic acids is 1. The number of β-amino-alcohol motifs (C(OH)–C–C–N with tert-alkyl or cyclic N) is 1. The molecule has 1 saturated heterocycles. The van der Waals surface area contributed by atoms with E-state index in [-0.39, 0.29) is 0 Å². The van der Waals surface area contributed by atoms with Crippen molar-refractivity contribution in [2.75, 3.05) is 32.7 Å². The smallest absolute Gasteiger partial charge is 0.259 e. The molecule has 0 aromatic heterocycles. The van der Waals surface area contributed by atoms with E-state index in [1.165, 1.54) is 11.0 Å². The van der Waals surface area contributed by atoms with Crippen LogP contribution in [0.25, 0.3) is 0 Å². The Bertz CT molecular complexity index is 537. The van der Waals surface area contributed by atoms with Crippen molar-refractivity contribution in [1.29, 1.82) is 0 Å². The number of rotatable bonds is 6. The molecule has 4 nitrogen and oxygen atoms in total. The van der Waals surface area contributed by atoms with Gasteiger partial charge in [0.05, 0.1) is 6.10 Å². The van der Waals surface area contributed by atoms with Crippen LogP contribution in [0.2, 0.25) is 0 Å². The van der Waals surface area contributed by atoms with Gasteiger partial charge in [-0.3, -0.25) is 9.69 Å². The molecular formula is C17H22F2N2O2. The van der Waals surface area contributed by atoms with Crippen LogP contribution in [0.5, 0.6) is 0 Å². The highest BCUT2D eigenvalue weighted by atomic mass is 19.1. The first-order valence-electron chi connectivity index (χ1n) is 7.77. The van der Waals surface area contributed by atoms with Gasteiger partial charge >= 0.3 is 0 Å². The second kappa shape index (κ2) is 8.17. The van der Waals surface area contributed by atoms with E-state index >= 15 is 0 Å². The fourth-order valence-corrected chi connectivity index (χ4v) is 2.69. The predicted octanol–water partition coefficient (Wildman–Crippen LogP) is 2.05. The summed E-state index contributed by atoms with van der Waals surface area (Å²) < 4.78 is 27.4. The molecule has 126 valence electrons. The lowest BCUT2D eigenvalue weighted by molar-refractivity contribution is 0.0510. The predicted molar refractivity (Wildman–Crippen MR) is 84.1 cm³/mol. The van der Waals surface area contributed by atoms with Crippen LogP contribution in [-0.2, 0) is 0 Å². The molecule has 1 amide bonds. The highest BCUT2D eigenvalue weighted by molar-refractivity contribution is 5.94. The van der Waals surface area contributed by atoms with E-state index < -0.39 is 29.2 Å². The van der Waals surface area contributed by atoms with E-state index in [1.807, 2.05) is 0 Å². The second-order valence-corrected chi connectivity index (χ2v) is 5.71. The Morgan fingerprint density at radius 1 is 1.26 bits per heavy atom. The minimum atomic E-state index is -0.836. The molecule has 1 N–H and O–H groups in total. The van der Waals surface area contributed by atoms with Gasteiger partial charge in [0.1, 0.15) is 17.2 Å². The molecule has 0 saturated carbocycles. The number of aliphatic hydroxyl groups is 1. The lowest BCUT2D eigenvalue weighted by Gasteiger charge is -2.35. The van der Waals surface area contributed by atoms with Crippen LogP contribution in [0, 0.1) is 11.6 Å². The number of halogens is 2. The van der Waals surface area contributed by atoms with Gasteiger partial charge in [-0.15, -0.1) is 6.58 Å². The Labute approximate surface area is 135 Å². The largest absolute Gasteiger partial charge is 0.392 e. The summed E-state index contributed by atoms with van der Waals surface area (Å²) in [5.41, 5.74) is -0.494. The number of carbonyl (C=O) groups is 1. The third-order valence-corrected chi connectivity index (χ3v) is 4.01. The summed E-state index contributed by atoms with van der Waals surface area (Å²) in [5, 5.41) is 9.89. The maximum Gasteiger partial charge on any atom is 0.259 e. The van der Waals surface area contributed by atoms with E-state index in [0.717, 1.165) is 18.6 Å². The zero-order valence-electron chi connectivity index (χ0n) is 13.0. The average molecular weight is 324 g/mol. The minimum absolute atomic E-state index is 0.390. The molecule has 0 radical (unpaired) electrons. The lowest BCUT2D eigenvalue weighted by Crippen LogP contribution is -2.50. The molecule has 6 heteroatoms. The minimum Gasteiger partial charge on any atom is -0.392 e. The van der Waals surface area contributed by atoms with Gasteiger partial charge in [0.15, 0.2) is 0 Å². The number of benzene rings is 1. The highest BCUT2D eigenvalue weighted by Crippen LogP contribution is 2.16. The fourth-order valence-electron chi connectivity index (χ4n) is 2.69. The Morgan fingerprint density at radius 3 is 2.43 bits per heavy atom. The Hall–Kier alpha value is -1.79. The molecule has 23 heavy (non-hydrogen) atoms. The van der Waals surface area contributed by atoms with Gasteiger partial charge in [-0.1, -0.05) is 12.1 Å².